The number of rotatable bonds is 5. The monoisotopic (exact) mass is 295 g/mol. The molecule has 114 valence electrons. The summed E-state index contributed by atoms with van der Waals surface area (Å²) >= 11 is 0. The first kappa shape index (κ1) is 14.6. The molecule has 0 fully saturated rings. The molecule has 0 aliphatic carbocycles. The van der Waals surface area contributed by atoms with Crippen molar-refractivity contribution < 1.29 is 5.11 Å². The summed E-state index contributed by atoms with van der Waals surface area (Å²) in [7, 11) is 0. The molecule has 0 bridgehead atoms. The maximum absolute atomic E-state index is 10.5. The number of para-hydroxylation sites is 2. The van der Waals surface area contributed by atoms with Crippen LogP contribution in [0.3, 0.4) is 0 Å². The molecule has 0 saturated carbocycles. The number of aromatic nitrogens is 3. The predicted molar refractivity (Wildman–Crippen MR) is 88.0 cm³/mol. The number of nitrogens with zero attached hydrogens (tertiary/aromatic N) is 3. The Kier molecular flexibility index (Phi) is 4.09. The fraction of sp³-hybridized carbons (Fsp3) is 0.333. The van der Waals surface area contributed by atoms with Crippen molar-refractivity contribution in [2.24, 2.45) is 0 Å². The summed E-state index contributed by atoms with van der Waals surface area (Å²) < 4.78 is 1.94. The fourth-order valence-corrected chi connectivity index (χ4v) is 2.87. The van der Waals surface area contributed by atoms with Crippen LogP contribution < -0.4 is 0 Å². The molecule has 1 atom stereocenters. The standard InChI is InChI=1S/C18H21N3O/c1-3-4-11-16(14-9-7-8-13(2)18(14)22)21-17-12-6-5-10-15(17)19-20-21/h5-10,12,16,22H,3-4,11H2,1-2H3. The maximum Gasteiger partial charge on any atom is 0.123 e. The third-order valence-corrected chi connectivity index (χ3v) is 4.13. The molecule has 0 aliphatic heterocycles. The molecule has 4 heteroatoms. The zero-order valence-electron chi connectivity index (χ0n) is 13.0. The molecule has 1 heterocycles. The fourth-order valence-electron chi connectivity index (χ4n) is 2.87. The second kappa shape index (κ2) is 6.18. The molecule has 3 aromatic rings. The van der Waals surface area contributed by atoms with E-state index in [-0.39, 0.29) is 6.04 Å². The zero-order chi connectivity index (χ0) is 15.5. The molecule has 4 nitrogen and oxygen atoms in total. The lowest BCUT2D eigenvalue weighted by Gasteiger charge is -2.20. The summed E-state index contributed by atoms with van der Waals surface area (Å²) in [6, 6.07) is 13.9. The van der Waals surface area contributed by atoms with Gasteiger partial charge in [-0.2, -0.15) is 0 Å². The normalized spacial score (nSPS) is 12.6. The van der Waals surface area contributed by atoms with Crippen molar-refractivity contribution in [2.75, 3.05) is 0 Å². The topological polar surface area (TPSA) is 50.9 Å². The summed E-state index contributed by atoms with van der Waals surface area (Å²) in [6.07, 6.45) is 3.11. The smallest absolute Gasteiger partial charge is 0.123 e. The van der Waals surface area contributed by atoms with Gasteiger partial charge in [-0.3, -0.25) is 0 Å². The third kappa shape index (κ3) is 2.56. The van der Waals surface area contributed by atoms with Gasteiger partial charge in [-0.25, -0.2) is 4.68 Å². The van der Waals surface area contributed by atoms with E-state index < -0.39 is 0 Å². The van der Waals surface area contributed by atoms with Crippen molar-refractivity contribution in [3.05, 3.63) is 53.6 Å². The molecule has 1 aromatic heterocycles. The maximum atomic E-state index is 10.5. The van der Waals surface area contributed by atoms with Gasteiger partial charge in [0, 0.05) is 5.56 Å². The van der Waals surface area contributed by atoms with Crippen molar-refractivity contribution >= 4 is 11.0 Å². The van der Waals surface area contributed by atoms with E-state index in [1.807, 2.05) is 54.1 Å². The molecule has 1 unspecified atom stereocenters. The van der Waals surface area contributed by atoms with Crippen LogP contribution in [0.15, 0.2) is 42.5 Å². The average molecular weight is 295 g/mol. The van der Waals surface area contributed by atoms with E-state index in [4.69, 9.17) is 0 Å². The van der Waals surface area contributed by atoms with Gasteiger partial charge in [0.15, 0.2) is 0 Å². The summed E-state index contributed by atoms with van der Waals surface area (Å²) in [6.45, 7) is 4.10. The Balaban J connectivity index is 2.12. The number of aryl methyl sites for hydroxylation is 1. The molecule has 3 rings (SSSR count). The largest absolute Gasteiger partial charge is 0.507 e. The van der Waals surface area contributed by atoms with E-state index in [1.165, 1.54) is 0 Å². The highest BCUT2D eigenvalue weighted by molar-refractivity contribution is 5.74. The highest BCUT2D eigenvalue weighted by atomic mass is 16.3. The summed E-state index contributed by atoms with van der Waals surface area (Å²) in [5, 5.41) is 19.1. The van der Waals surface area contributed by atoms with Crippen molar-refractivity contribution in [3.8, 4) is 5.75 Å². The van der Waals surface area contributed by atoms with Gasteiger partial charge in [0.25, 0.3) is 0 Å². The number of fused-ring (bicyclic) bond motifs is 1. The van der Waals surface area contributed by atoms with Crippen LogP contribution in [0, 0.1) is 6.92 Å². The van der Waals surface area contributed by atoms with Crippen LogP contribution in [0.1, 0.15) is 43.4 Å². The number of hydrogen-bond acceptors (Lipinski definition) is 3. The Hall–Kier alpha value is -2.36. The molecular weight excluding hydrogens is 274 g/mol. The number of benzene rings is 2. The van der Waals surface area contributed by atoms with E-state index in [0.717, 1.165) is 41.4 Å². The quantitative estimate of drug-likeness (QED) is 0.766. The number of phenols is 1. The van der Waals surface area contributed by atoms with Gasteiger partial charge in [0.05, 0.1) is 11.6 Å². The highest BCUT2D eigenvalue weighted by Crippen LogP contribution is 2.34. The summed E-state index contributed by atoms with van der Waals surface area (Å²) in [5.74, 6) is 0.364. The van der Waals surface area contributed by atoms with Gasteiger partial charge < -0.3 is 5.11 Å². The molecule has 0 spiro atoms. The zero-order valence-corrected chi connectivity index (χ0v) is 13.0. The molecule has 2 aromatic carbocycles. The van der Waals surface area contributed by atoms with Gasteiger partial charge in [-0.1, -0.05) is 55.3 Å². The van der Waals surface area contributed by atoms with Gasteiger partial charge in [0.1, 0.15) is 11.3 Å². The van der Waals surface area contributed by atoms with E-state index >= 15 is 0 Å². The van der Waals surface area contributed by atoms with E-state index in [1.54, 1.807) is 0 Å². The minimum absolute atomic E-state index is 0.00671. The van der Waals surface area contributed by atoms with Crippen molar-refractivity contribution in [1.82, 2.24) is 15.0 Å². The van der Waals surface area contributed by atoms with E-state index in [2.05, 4.69) is 17.2 Å². The van der Waals surface area contributed by atoms with Gasteiger partial charge in [-0.15, -0.1) is 5.10 Å². The van der Waals surface area contributed by atoms with Gasteiger partial charge in [0.2, 0.25) is 0 Å². The van der Waals surface area contributed by atoms with Crippen molar-refractivity contribution in [3.63, 3.8) is 0 Å². The number of unbranched alkanes of at least 4 members (excludes halogenated alkanes) is 1. The van der Waals surface area contributed by atoms with Gasteiger partial charge in [-0.05, 0) is 31.0 Å². The first-order chi connectivity index (χ1) is 10.7. The van der Waals surface area contributed by atoms with E-state index in [0.29, 0.717) is 5.75 Å². The molecule has 0 radical (unpaired) electrons. The van der Waals surface area contributed by atoms with Crippen LogP contribution in [0.25, 0.3) is 11.0 Å². The van der Waals surface area contributed by atoms with Crippen LogP contribution >= 0.6 is 0 Å². The van der Waals surface area contributed by atoms with Crippen LogP contribution in [0.2, 0.25) is 0 Å². The summed E-state index contributed by atoms with van der Waals surface area (Å²) in [4.78, 5) is 0. The molecular formula is C18H21N3O. The van der Waals surface area contributed by atoms with Crippen molar-refractivity contribution in [1.29, 1.82) is 0 Å². The minimum atomic E-state index is 0.00671. The third-order valence-electron chi connectivity index (χ3n) is 4.13. The lowest BCUT2D eigenvalue weighted by atomic mass is 9.98. The van der Waals surface area contributed by atoms with Crippen LogP contribution in [-0.2, 0) is 0 Å². The second-order valence-corrected chi connectivity index (χ2v) is 5.69. The summed E-state index contributed by atoms with van der Waals surface area (Å²) in [5.41, 5.74) is 3.70. The molecule has 0 amide bonds. The van der Waals surface area contributed by atoms with Crippen LogP contribution in [0.4, 0.5) is 0 Å². The number of phenolic OH excluding ortho intramolecular Hbond substituents is 1. The molecule has 0 aliphatic rings. The number of hydrogen-bond donors (Lipinski definition) is 1. The lowest BCUT2D eigenvalue weighted by Crippen LogP contribution is -2.13. The second-order valence-electron chi connectivity index (χ2n) is 5.69. The molecule has 0 saturated heterocycles. The van der Waals surface area contributed by atoms with Gasteiger partial charge >= 0.3 is 0 Å². The Bertz CT molecular complexity index is 779. The average Bonchev–Trinajstić information content (AvgIpc) is 2.96. The Morgan fingerprint density at radius 2 is 1.95 bits per heavy atom. The Morgan fingerprint density at radius 3 is 2.77 bits per heavy atom. The van der Waals surface area contributed by atoms with Crippen LogP contribution in [0.5, 0.6) is 5.75 Å². The van der Waals surface area contributed by atoms with E-state index in [9.17, 15) is 5.11 Å². The lowest BCUT2D eigenvalue weighted by molar-refractivity contribution is 0.423. The number of aromatic hydroxyl groups is 1. The first-order valence-corrected chi connectivity index (χ1v) is 7.80. The Morgan fingerprint density at radius 1 is 1.14 bits per heavy atom. The predicted octanol–water partition coefficient (Wildman–Crippen LogP) is 4.22. The Labute approximate surface area is 130 Å². The van der Waals surface area contributed by atoms with Crippen molar-refractivity contribution in [2.45, 2.75) is 39.2 Å². The highest BCUT2D eigenvalue weighted by Gasteiger charge is 2.21. The SMILES string of the molecule is CCCCC(c1cccc(C)c1O)n1nnc2ccccc21. The molecule has 22 heavy (non-hydrogen) atoms. The minimum Gasteiger partial charge on any atom is -0.507 e. The van der Waals surface area contributed by atoms with Crippen LogP contribution in [-0.4, -0.2) is 20.1 Å². The molecule has 1 N–H and O–H groups in total. The first-order valence-electron chi connectivity index (χ1n) is 7.80.